The molecule has 96 valence electrons. The van der Waals surface area contributed by atoms with Gasteiger partial charge in [-0.05, 0) is 24.6 Å². The van der Waals surface area contributed by atoms with Gasteiger partial charge in [-0.2, -0.15) is 0 Å². The van der Waals surface area contributed by atoms with Gasteiger partial charge in [-0.1, -0.05) is 0 Å². The van der Waals surface area contributed by atoms with E-state index < -0.39 is 0 Å². The summed E-state index contributed by atoms with van der Waals surface area (Å²) in [4.78, 5) is 13.2. The fourth-order valence-electron chi connectivity index (χ4n) is 2.33. The van der Waals surface area contributed by atoms with Crippen molar-refractivity contribution in [1.82, 2.24) is 19.5 Å². The first-order chi connectivity index (χ1) is 9.20. The molecule has 0 aliphatic rings. The second-order valence-corrected chi connectivity index (χ2v) is 4.53. The van der Waals surface area contributed by atoms with Crippen LogP contribution < -0.4 is 5.73 Å². The molecule has 0 unspecified atom stereocenters. The molecule has 0 aliphatic heterocycles. The van der Waals surface area contributed by atoms with E-state index in [0.717, 1.165) is 33.7 Å². The molecule has 0 atom stereocenters. The Balaban J connectivity index is 2.41. The fourth-order valence-corrected chi connectivity index (χ4v) is 2.33. The van der Waals surface area contributed by atoms with E-state index in [1.165, 1.54) is 0 Å². The Morgan fingerprint density at radius 1 is 1.32 bits per heavy atom. The summed E-state index contributed by atoms with van der Waals surface area (Å²) >= 11 is 0. The molecule has 0 fully saturated rings. The summed E-state index contributed by atoms with van der Waals surface area (Å²) < 4.78 is 1.99. The molecule has 0 saturated carbocycles. The van der Waals surface area contributed by atoms with E-state index in [1.807, 2.05) is 43.1 Å². The van der Waals surface area contributed by atoms with Crippen molar-refractivity contribution in [2.45, 2.75) is 13.5 Å². The van der Waals surface area contributed by atoms with Crippen LogP contribution in [0.15, 0.2) is 30.7 Å². The molecular formula is C14H15N5. The number of nitrogens with two attached hydrogens (primary N) is 1. The molecule has 3 rings (SSSR count). The maximum absolute atomic E-state index is 5.83. The Morgan fingerprint density at radius 3 is 2.84 bits per heavy atom. The summed E-state index contributed by atoms with van der Waals surface area (Å²) in [6.45, 7) is 2.37. The highest BCUT2D eigenvalue weighted by Crippen LogP contribution is 2.29. The van der Waals surface area contributed by atoms with Crippen molar-refractivity contribution < 1.29 is 0 Å². The van der Waals surface area contributed by atoms with E-state index in [2.05, 4.69) is 15.0 Å². The SMILES string of the molecule is Cc1nc(-c2cccnc2)c2c(CN)cn(C)c2n1. The van der Waals surface area contributed by atoms with Gasteiger partial charge in [-0.3, -0.25) is 4.98 Å². The zero-order valence-electron chi connectivity index (χ0n) is 11.0. The molecule has 3 heterocycles. The fraction of sp³-hybridized carbons (Fsp3) is 0.214. The molecule has 0 amide bonds. The van der Waals surface area contributed by atoms with Crippen molar-refractivity contribution in [2.75, 3.05) is 0 Å². The highest BCUT2D eigenvalue weighted by Gasteiger charge is 2.15. The molecule has 0 saturated heterocycles. The van der Waals surface area contributed by atoms with E-state index in [0.29, 0.717) is 6.54 Å². The molecule has 5 nitrogen and oxygen atoms in total. The van der Waals surface area contributed by atoms with Crippen LogP contribution in [0.5, 0.6) is 0 Å². The molecule has 0 bridgehead atoms. The van der Waals surface area contributed by atoms with Gasteiger partial charge in [0.25, 0.3) is 0 Å². The highest BCUT2D eigenvalue weighted by atomic mass is 15.0. The normalized spacial score (nSPS) is 11.1. The monoisotopic (exact) mass is 253 g/mol. The summed E-state index contributed by atoms with van der Waals surface area (Å²) in [6, 6.07) is 3.91. The summed E-state index contributed by atoms with van der Waals surface area (Å²) in [7, 11) is 1.97. The Kier molecular flexibility index (Phi) is 2.76. The Labute approximate surface area is 111 Å². The number of aromatic nitrogens is 4. The lowest BCUT2D eigenvalue weighted by atomic mass is 10.1. The van der Waals surface area contributed by atoms with Crippen LogP contribution >= 0.6 is 0 Å². The number of rotatable bonds is 2. The third-order valence-corrected chi connectivity index (χ3v) is 3.16. The lowest BCUT2D eigenvalue weighted by Gasteiger charge is -2.06. The van der Waals surface area contributed by atoms with Crippen LogP contribution in [0.25, 0.3) is 22.3 Å². The van der Waals surface area contributed by atoms with Crippen LogP contribution in [0.1, 0.15) is 11.4 Å². The van der Waals surface area contributed by atoms with Gasteiger partial charge in [0.05, 0.1) is 5.69 Å². The molecule has 3 aromatic rings. The number of hydrogen-bond donors (Lipinski definition) is 1. The average molecular weight is 253 g/mol. The van der Waals surface area contributed by atoms with Crippen molar-refractivity contribution in [2.24, 2.45) is 12.8 Å². The molecule has 0 radical (unpaired) electrons. The first-order valence-corrected chi connectivity index (χ1v) is 6.13. The number of pyridine rings is 1. The largest absolute Gasteiger partial charge is 0.335 e. The molecule has 0 spiro atoms. The molecule has 0 aliphatic carbocycles. The van der Waals surface area contributed by atoms with Gasteiger partial charge >= 0.3 is 0 Å². The van der Waals surface area contributed by atoms with Gasteiger partial charge in [0.15, 0.2) is 0 Å². The lowest BCUT2D eigenvalue weighted by molar-refractivity contribution is 0.922. The number of hydrogen-bond acceptors (Lipinski definition) is 4. The molecule has 2 N–H and O–H groups in total. The predicted molar refractivity (Wildman–Crippen MR) is 74.4 cm³/mol. The topological polar surface area (TPSA) is 69.6 Å². The van der Waals surface area contributed by atoms with E-state index in [1.54, 1.807) is 6.20 Å². The second-order valence-electron chi connectivity index (χ2n) is 4.53. The summed E-state index contributed by atoms with van der Waals surface area (Å²) in [5.41, 5.74) is 9.68. The Bertz CT molecular complexity index is 730. The van der Waals surface area contributed by atoms with Crippen molar-refractivity contribution in [1.29, 1.82) is 0 Å². The van der Waals surface area contributed by atoms with Gasteiger partial charge < -0.3 is 10.3 Å². The Hall–Kier alpha value is -2.27. The maximum Gasteiger partial charge on any atom is 0.144 e. The van der Waals surface area contributed by atoms with E-state index in [4.69, 9.17) is 5.73 Å². The van der Waals surface area contributed by atoms with E-state index in [-0.39, 0.29) is 0 Å². The predicted octanol–water partition coefficient (Wildman–Crippen LogP) is 1.80. The minimum atomic E-state index is 0.469. The molecule has 5 heteroatoms. The number of nitrogens with zero attached hydrogens (tertiary/aromatic N) is 4. The zero-order valence-corrected chi connectivity index (χ0v) is 11.0. The van der Waals surface area contributed by atoms with Gasteiger partial charge in [0, 0.05) is 43.1 Å². The highest BCUT2D eigenvalue weighted by molar-refractivity contribution is 5.93. The van der Waals surface area contributed by atoms with Crippen LogP contribution in [0.3, 0.4) is 0 Å². The van der Waals surface area contributed by atoms with Gasteiger partial charge in [-0.15, -0.1) is 0 Å². The minimum Gasteiger partial charge on any atom is -0.335 e. The third-order valence-electron chi connectivity index (χ3n) is 3.16. The standard InChI is InChI=1S/C14H15N5/c1-9-17-13(10-4-3-5-16-7-10)12-11(6-15)8-19(2)14(12)18-9/h3-5,7-8H,6,15H2,1-2H3. The number of fused-ring (bicyclic) bond motifs is 1. The van der Waals surface area contributed by atoms with Crippen LogP contribution in [0, 0.1) is 6.92 Å². The smallest absolute Gasteiger partial charge is 0.144 e. The van der Waals surface area contributed by atoms with Crippen LogP contribution in [0.4, 0.5) is 0 Å². The maximum atomic E-state index is 5.83. The van der Waals surface area contributed by atoms with Crippen molar-refractivity contribution in [3.05, 3.63) is 42.1 Å². The van der Waals surface area contributed by atoms with Gasteiger partial charge in [0.1, 0.15) is 11.5 Å². The quantitative estimate of drug-likeness (QED) is 0.756. The lowest BCUT2D eigenvalue weighted by Crippen LogP contribution is -1.98. The van der Waals surface area contributed by atoms with E-state index >= 15 is 0 Å². The summed E-state index contributed by atoms with van der Waals surface area (Å²) in [6.07, 6.45) is 5.58. The summed E-state index contributed by atoms with van der Waals surface area (Å²) in [5.74, 6) is 0.746. The van der Waals surface area contributed by atoms with Gasteiger partial charge in [-0.25, -0.2) is 9.97 Å². The van der Waals surface area contributed by atoms with Crippen LogP contribution in [-0.4, -0.2) is 19.5 Å². The van der Waals surface area contributed by atoms with Crippen molar-refractivity contribution in [3.8, 4) is 11.3 Å². The van der Waals surface area contributed by atoms with Crippen molar-refractivity contribution >= 4 is 11.0 Å². The first kappa shape index (κ1) is 11.8. The van der Waals surface area contributed by atoms with Crippen LogP contribution in [-0.2, 0) is 13.6 Å². The number of aryl methyl sites for hydroxylation is 2. The molecule has 3 aromatic heterocycles. The van der Waals surface area contributed by atoms with Crippen LogP contribution in [0.2, 0.25) is 0 Å². The van der Waals surface area contributed by atoms with E-state index in [9.17, 15) is 0 Å². The first-order valence-electron chi connectivity index (χ1n) is 6.13. The third kappa shape index (κ3) is 1.88. The zero-order chi connectivity index (χ0) is 13.4. The summed E-state index contributed by atoms with van der Waals surface area (Å²) in [5, 5.41) is 1.02. The average Bonchev–Trinajstić information content (AvgIpc) is 2.76. The van der Waals surface area contributed by atoms with Gasteiger partial charge in [0.2, 0.25) is 0 Å². The molecular weight excluding hydrogens is 238 g/mol. The second kappa shape index (κ2) is 4.44. The Morgan fingerprint density at radius 2 is 2.16 bits per heavy atom. The molecule has 0 aromatic carbocycles. The minimum absolute atomic E-state index is 0.469. The molecule has 19 heavy (non-hydrogen) atoms. The van der Waals surface area contributed by atoms with Crippen molar-refractivity contribution in [3.63, 3.8) is 0 Å².